The maximum Gasteiger partial charge on any atom is 0.258 e. The van der Waals surface area contributed by atoms with E-state index in [0.717, 1.165) is 22.8 Å². The summed E-state index contributed by atoms with van der Waals surface area (Å²) < 4.78 is 12.9. The van der Waals surface area contributed by atoms with Crippen LogP contribution in [0.4, 0.5) is 9.52 Å². The molecule has 0 saturated carbocycles. The fraction of sp³-hybridized carbons (Fsp3) is 0.111. The number of nitrogens with zero attached hydrogens (tertiary/aromatic N) is 1. The average Bonchev–Trinajstić information content (AvgIpc) is 3.04. The van der Waals surface area contributed by atoms with Gasteiger partial charge in [-0.2, -0.15) is 11.8 Å². The van der Waals surface area contributed by atoms with E-state index in [1.165, 1.54) is 23.5 Å². The van der Waals surface area contributed by atoms with E-state index in [1.54, 1.807) is 48.2 Å². The lowest BCUT2D eigenvalue weighted by Crippen LogP contribution is -2.12. The van der Waals surface area contributed by atoms with Gasteiger partial charge < -0.3 is 0 Å². The number of rotatable bonds is 6. The second-order valence-electron chi connectivity index (χ2n) is 5.20. The smallest absolute Gasteiger partial charge is 0.258 e. The van der Waals surface area contributed by atoms with Crippen LogP contribution < -0.4 is 5.32 Å². The summed E-state index contributed by atoms with van der Waals surface area (Å²) in [5.74, 6) is 0.993. The van der Waals surface area contributed by atoms with E-state index in [4.69, 9.17) is 11.6 Å². The van der Waals surface area contributed by atoms with Crippen LogP contribution in [0.25, 0.3) is 0 Å². The van der Waals surface area contributed by atoms with Gasteiger partial charge in [-0.25, -0.2) is 9.37 Å². The minimum atomic E-state index is -0.273. The Morgan fingerprint density at radius 3 is 2.68 bits per heavy atom. The molecule has 3 aromatic rings. The first-order valence-electron chi connectivity index (χ1n) is 7.44. The molecule has 0 bridgehead atoms. The van der Waals surface area contributed by atoms with Crippen molar-refractivity contribution in [1.29, 1.82) is 0 Å². The standard InChI is InChI=1S/C18H14ClFN2OS2/c19-16-4-2-1-3-15(16)17(23)22-18-21-14(11-25-18)10-24-9-12-5-7-13(20)8-6-12/h1-8,11H,9-10H2,(H,21,22,23). The molecule has 0 radical (unpaired) electrons. The molecule has 0 saturated heterocycles. The van der Waals surface area contributed by atoms with Crippen LogP contribution in [0.5, 0.6) is 0 Å². The highest BCUT2D eigenvalue weighted by molar-refractivity contribution is 7.97. The molecule has 1 N–H and O–H groups in total. The van der Waals surface area contributed by atoms with Crippen molar-refractivity contribution in [3.05, 3.63) is 81.6 Å². The van der Waals surface area contributed by atoms with Gasteiger partial charge in [0.1, 0.15) is 5.82 Å². The predicted molar refractivity (Wildman–Crippen MR) is 103 cm³/mol. The highest BCUT2D eigenvalue weighted by atomic mass is 35.5. The summed E-state index contributed by atoms with van der Waals surface area (Å²) >= 11 is 9.08. The second kappa shape index (κ2) is 8.47. The molecule has 0 unspecified atom stereocenters. The molecule has 128 valence electrons. The fourth-order valence-corrected chi connectivity index (χ4v) is 4.01. The van der Waals surface area contributed by atoms with E-state index in [1.807, 2.05) is 5.38 Å². The summed E-state index contributed by atoms with van der Waals surface area (Å²) in [6.45, 7) is 0. The Morgan fingerprint density at radius 2 is 1.92 bits per heavy atom. The molecule has 3 rings (SSSR count). The number of benzene rings is 2. The number of halogens is 2. The van der Waals surface area contributed by atoms with E-state index < -0.39 is 0 Å². The number of thiazole rings is 1. The second-order valence-corrected chi connectivity index (χ2v) is 7.45. The number of nitrogens with one attached hydrogen (secondary N) is 1. The van der Waals surface area contributed by atoms with Crippen LogP contribution in [-0.2, 0) is 11.5 Å². The zero-order valence-corrected chi connectivity index (χ0v) is 15.4. The van der Waals surface area contributed by atoms with E-state index >= 15 is 0 Å². The van der Waals surface area contributed by atoms with Gasteiger partial charge in [0.25, 0.3) is 5.91 Å². The number of hydrogen-bond acceptors (Lipinski definition) is 4. The Labute approximate surface area is 158 Å². The number of hydrogen-bond donors (Lipinski definition) is 1. The minimum absolute atomic E-state index is 0.229. The number of carbonyl (C=O) groups is 1. The average molecular weight is 393 g/mol. The molecule has 25 heavy (non-hydrogen) atoms. The zero-order valence-electron chi connectivity index (χ0n) is 13.0. The van der Waals surface area contributed by atoms with Gasteiger partial charge in [0, 0.05) is 16.9 Å². The lowest BCUT2D eigenvalue weighted by Gasteiger charge is -2.03. The Bertz CT molecular complexity index is 868. The summed E-state index contributed by atoms with van der Waals surface area (Å²) in [5, 5.41) is 5.64. The van der Waals surface area contributed by atoms with Gasteiger partial charge in [0.05, 0.1) is 16.3 Å². The number of thioether (sulfide) groups is 1. The number of amides is 1. The minimum Gasteiger partial charge on any atom is -0.298 e. The predicted octanol–water partition coefficient (Wildman–Crippen LogP) is 5.62. The normalized spacial score (nSPS) is 10.6. The molecule has 0 aliphatic carbocycles. The quantitative estimate of drug-likeness (QED) is 0.591. The number of carbonyl (C=O) groups excluding carboxylic acids is 1. The molecule has 1 amide bonds. The van der Waals surface area contributed by atoms with Gasteiger partial charge in [-0.1, -0.05) is 35.9 Å². The largest absolute Gasteiger partial charge is 0.298 e. The molecule has 0 aliphatic rings. The van der Waals surface area contributed by atoms with E-state index in [0.29, 0.717) is 15.7 Å². The molecule has 1 heterocycles. The lowest BCUT2D eigenvalue weighted by molar-refractivity contribution is 0.102. The van der Waals surface area contributed by atoms with Crippen LogP contribution in [-0.4, -0.2) is 10.9 Å². The maximum absolute atomic E-state index is 12.9. The zero-order chi connectivity index (χ0) is 17.6. The third kappa shape index (κ3) is 5.04. The van der Waals surface area contributed by atoms with Crippen molar-refractivity contribution in [2.45, 2.75) is 11.5 Å². The van der Waals surface area contributed by atoms with Gasteiger partial charge in [0.2, 0.25) is 0 Å². The molecule has 0 aliphatic heterocycles. The van der Waals surface area contributed by atoms with Gasteiger partial charge >= 0.3 is 0 Å². The first-order valence-corrected chi connectivity index (χ1v) is 9.85. The summed E-state index contributed by atoms with van der Waals surface area (Å²) in [4.78, 5) is 16.6. The van der Waals surface area contributed by atoms with E-state index in [2.05, 4.69) is 10.3 Å². The van der Waals surface area contributed by atoms with Crippen LogP contribution in [0.1, 0.15) is 21.6 Å². The molecule has 0 atom stereocenters. The third-order valence-corrected chi connectivity index (χ3v) is 5.50. The molecule has 2 aromatic carbocycles. The highest BCUT2D eigenvalue weighted by Gasteiger charge is 2.12. The summed E-state index contributed by atoms with van der Waals surface area (Å²) in [7, 11) is 0. The molecule has 7 heteroatoms. The Kier molecular flexibility index (Phi) is 6.07. The van der Waals surface area contributed by atoms with Crippen molar-refractivity contribution in [3.63, 3.8) is 0 Å². The molecule has 3 nitrogen and oxygen atoms in total. The highest BCUT2D eigenvalue weighted by Crippen LogP contribution is 2.23. The van der Waals surface area contributed by atoms with Crippen LogP contribution in [0.2, 0.25) is 5.02 Å². The topological polar surface area (TPSA) is 42.0 Å². The van der Waals surface area contributed by atoms with Crippen molar-refractivity contribution in [2.24, 2.45) is 0 Å². The van der Waals surface area contributed by atoms with Crippen molar-refractivity contribution in [3.8, 4) is 0 Å². The van der Waals surface area contributed by atoms with Crippen molar-refractivity contribution in [1.82, 2.24) is 4.98 Å². The van der Waals surface area contributed by atoms with Gasteiger partial charge in [-0.3, -0.25) is 10.1 Å². The Balaban J connectivity index is 1.53. The molecule has 0 spiro atoms. The van der Waals surface area contributed by atoms with Crippen molar-refractivity contribution < 1.29 is 9.18 Å². The SMILES string of the molecule is O=C(Nc1nc(CSCc2ccc(F)cc2)cs1)c1ccccc1Cl. The third-order valence-electron chi connectivity index (χ3n) is 3.32. The molecular weight excluding hydrogens is 379 g/mol. The molecule has 0 fully saturated rings. The van der Waals surface area contributed by atoms with Gasteiger partial charge in [-0.05, 0) is 29.8 Å². The summed E-state index contributed by atoms with van der Waals surface area (Å²) in [6.07, 6.45) is 0. The maximum atomic E-state index is 12.9. The van der Waals surface area contributed by atoms with Crippen LogP contribution in [0, 0.1) is 5.82 Å². The summed E-state index contributed by atoms with van der Waals surface area (Å²) in [5.41, 5.74) is 2.38. The van der Waals surface area contributed by atoms with Crippen LogP contribution >= 0.6 is 34.7 Å². The molecular formula is C18H14ClFN2OS2. The van der Waals surface area contributed by atoms with Gasteiger partial charge in [0.15, 0.2) is 5.13 Å². The van der Waals surface area contributed by atoms with E-state index in [9.17, 15) is 9.18 Å². The molecule has 1 aromatic heterocycles. The van der Waals surface area contributed by atoms with Crippen LogP contribution in [0.15, 0.2) is 53.9 Å². The Hall–Kier alpha value is -1.89. The van der Waals surface area contributed by atoms with Gasteiger partial charge in [-0.15, -0.1) is 11.3 Å². The van der Waals surface area contributed by atoms with Crippen LogP contribution in [0.3, 0.4) is 0 Å². The van der Waals surface area contributed by atoms with Crippen molar-refractivity contribution >= 4 is 45.7 Å². The first-order chi connectivity index (χ1) is 12.1. The monoisotopic (exact) mass is 392 g/mol. The number of anilines is 1. The van der Waals surface area contributed by atoms with E-state index in [-0.39, 0.29) is 11.7 Å². The summed E-state index contributed by atoms with van der Waals surface area (Å²) in [6, 6.07) is 13.4. The lowest BCUT2D eigenvalue weighted by atomic mass is 10.2. The Morgan fingerprint density at radius 1 is 1.16 bits per heavy atom. The first kappa shape index (κ1) is 17.9. The fourth-order valence-electron chi connectivity index (χ4n) is 2.09. The number of aromatic nitrogens is 1. The van der Waals surface area contributed by atoms with Crippen molar-refractivity contribution in [2.75, 3.05) is 5.32 Å².